The van der Waals surface area contributed by atoms with Crippen LogP contribution in [-0.2, 0) is 12.8 Å². The molecule has 100 valence electrons. The molecule has 0 aliphatic heterocycles. The van der Waals surface area contributed by atoms with Crippen molar-refractivity contribution in [2.45, 2.75) is 39.0 Å². The van der Waals surface area contributed by atoms with E-state index in [1.807, 2.05) is 0 Å². The first-order chi connectivity index (χ1) is 9.11. The van der Waals surface area contributed by atoms with Gasteiger partial charge in [0.2, 0.25) is 0 Å². The van der Waals surface area contributed by atoms with Gasteiger partial charge in [0.05, 0.1) is 5.38 Å². The van der Waals surface area contributed by atoms with Crippen molar-refractivity contribution in [3.63, 3.8) is 0 Å². The third-order valence-corrected chi connectivity index (χ3v) is 4.07. The molecule has 2 rings (SSSR count). The Hall–Kier alpha value is -1.27. The smallest absolute Gasteiger partial charge is 0.0628 e. The van der Waals surface area contributed by atoms with Crippen LogP contribution in [-0.4, -0.2) is 0 Å². The second-order valence-electron chi connectivity index (χ2n) is 5.15. The van der Waals surface area contributed by atoms with Gasteiger partial charge in [-0.2, -0.15) is 0 Å². The monoisotopic (exact) mass is 272 g/mol. The minimum absolute atomic E-state index is 0.0525. The summed E-state index contributed by atoms with van der Waals surface area (Å²) in [5.41, 5.74) is 6.60. The second-order valence-corrected chi connectivity index (χ2v) is 5.68. The summed E-state index contributed by atoms with van der Waals surface area (Å²) < 4.78 is 0. The van der Waals surface area contributed by atoms with Crippen LogP contribution in [0.25, 0.3) is 0 Å². The zero-order chi connectivity index (χ0) is 13.8. The Balaban J connectivity index is 2.25. The summed E-state index contributed by atoms with van der Waals surface area (Å²) in [6.45, 7) is 6.47. The van der Waals surface area contributed by atoms with Gasteiger partial charge in [0.15, 0.2) is 0 Å². The Morgan fingerprint density at radius 1 is 1.00 bits per heavy atom. The molecule has 1 atom stereocenters. The fourth-order valence-electron chi connectivity index (χ4n) is 2.48. The minimum atomic E-state index is 0.0525. The number of benzene rings is 2. The van der Waals surface area contributed by atoms with E-state index in [4.69, 9.17) is 11.6 Å². The van der Waals surface area contributed by atoms with E-state index in [0.717, 1.165) is 12.8 Å². The summed E-state index contributed by atoms with van der Waals surface area (Å²) in [6.07, 6.45) is 1.93. The predicted molar refractivity (Wildman–Crippen MR) is 84.0 cm³/mol. The summed E-state index contributed by atoms with van der Waals surface area (Å²) in [4.78, 5) is 0. The average molecular weight is 273 g/mol. The van der Waals surface area contributed by atoms with Gasteiger partial charge in [0.1, 0.15) is 0 Å². The lowest BCUT2D eigenvalue weighted by atomic mass is 9.95. The standard InChI is InChI=1S/C18H21Cl/c1-4-15-7-5-6-8-17(15)18(19)12-16-11-13(2)9-10-14(16)3/h5-11,18H,4,12H2,1-3H3. The molecule has 2 aromatic carbocycles. The zero-order valence-corrected chi connectivity index (χ0v) is 12.7. The molecule has 0 amide bonds. The van der Waals surface area contributed by atoms with Gasteiger partial charge in [-0.1, -0.05) is 55.0 Å². The number of aryl methyl sites for hydroxylation is 3. The topological polar surface area (TPSA) is 0 Å². The lowest BCUT2D eigenvalue weighted by Gasteiger charge is -2.16. The van der Waals surface area contributed by atoms with Crippen LogP contribution in [0.4, 0.5) is 0 Å². The Kier molecular flexibility index (Phi) is 4.66. The van der Waals surface area contributed by atoms with Gasteiger partial charge < -0.3 is 0 Å². The summed E-state index contributed by atoms with van der Waals surface area (Å²) in [6, 6.07) is 15.1. The molecular formula is C18H21Cl. The molecule has 0 radical (unpaired) electrons. The molecule has 0 saturated heterocycles. The van der Waals surface area contributed by atoms with Crippen LogP contribution in [0.1, 0.15) is 40.1 Å². The van der Waals surface area contributed by atoms with Gasteiger partial charge in [-0.25, -0.2) is 0 Å². The third-order valence-electron chi connectivity index (χ3n) is 3.68. The van der Waals surface area contributed by atoms with Crippen LogP contribution < -0.4 is 0 Å². The van der Waals surface area contributed by atoms with Crippen LogP contribution in [0, 0.1) is 13.8 Å². The summed E-state index contributed by atoms with van der Waals surface area (Å²) in [5.74, 6) is 0. The predicted octanol–water partition coefficient (Wildman–Crippen LogP) is 5.39. The molecule has 0 heterocycles. The summed E-state index contributed by atoms with van der Waals surface area (Å²) in [7, 11) is 0. The number of hydrogen-bond donors (Lipinski definition) is 0. The fourth-order valence-corrected chi connectivity index (χ4v) is 2.86. The molecule has 0 aromatic heterocycles. The molecule has 0 nitrogen and oxygen atoms in total. The van der Waals surface area contributed by atoms with E-state index in [0.29, 0.717) is 0 Å². The molecule has 19 heavy (non-hydrogen) atoms. The highest BCUT2D eigenvalue weighted by Gasteiger charge is 2.13. The van der Waals surface area contributed by atoms with Crippen molar-refractivity contribution in [2.75, 3.05) is 0 Å². The van der Waals surface area contributed by atoms with Crippen molar-refractivity contribution in [2.24, 2.45) is 0 Å². The molecule has 0 N–H and O–H groups in total. The second kappa shape index (κ2) is 6.25. The molecule has 0 aliphatic carbocycles. The molecular weight excluding hydrogens is 252 g/mol. The number of halogens is 1. The molecule has 0 spiro atoms. The van der Waals surface area contributed by atoms with Crippen molar-refractivity contribution >= 4 is 11.6 Å². The molecule has 0 saturated carbocycles. The van der Waals surface area contributed by atoms with Gasteiger partial charge in [-0.05, 0) is 48.9 Å². The first kappa shape index (κ1) is 14.1. The zero-order valence-electron chi connectivity index (χ0n) is 11.9. The van der Waals surface area contributed by atoms with E-state index < -0.39 is 0 Å². The van der Waals surface area contributed by atoms with Crippen molar-refractivity contribution in [1.29, 1.82) is 0 Å². The van der Waals surface area contributed by atoms with Crippen LogP contribution >= 0.6 is 11.6 Å². The minimum Gasteiger partial charge on any atom is -0.117 e. The molecule has 0 fully saturated rings. The van der Waals surface area contributed by atoms with Crippen LogP contribution in [0.5, 0.6) is 0 Å². The van der Waals surface area contributed by atoms with Gasteiger partial charge in [0.25, 0.3) is 0 Å². The quantitative estimate of drug-likeness (QED) is 0.655. The van der Waals surface area contributed by atoms with Gasteiger partial charge in [0, 0.05) is 0 Å². The maximum Gasteiger partial charge on any atom is 0.0628 e. The molecule has 1 unspecified atom stereocenters. The molecule has 2 aromatic rings. The summed E-state index contributed by atoms with van der Waals surface area (Å²) in [5, 5.41) is 0.0525. The Bertz CT molecular complexity index is 557. The average Bonchev–Trinajstić information content (AvgIpc) is 2.42. The Labute approximate surface area is 121 Å². The van der Waals surface area contributed by atoms with Crippen molar-refractivity contribution in [3.8, 4) is 0 Å². The molecule has 0 aliphatic rings. The highest BCUT2D eigenvalue weighted by Crippen LogP contribution is 2.29. The SMILES string of the molecule is CCc1ccccc1C(Cl)Cc1cc(C)ccc1C. The van der Waals surface area contributed by atoms with E-state index in [1.54, 1.807) is 0 Å². The van der Waals surface area contributed by atoms with E-state index >= 15 is 0 Å². The van der Waals surface area contributed by atoms with Crippen LogP contribution in [0.3, 0.4) is 0 Å². The molecule has 0 bridgehead atoms. The number of hydrogen-bond acceptors (Lipinski definition) is 0. The Morgan fingerprint density at radius 2 is 1.74 bits per heavy atom. The van der Waals surface area contributed by atoms with Crippen LogP contribution in [0.2, 0.25) is 0 Å². The number of alkyl halides is 1. The maximum absolute atomic E-state index is 6.65. The lowest BCUT2D eigenvalue weighted by Crippen LogP contribution is -2.01. The van der Waals surface area contributed by atoms with Crippen molar-refractivity contribution in [3.05, 3.63) is 70.3 Å². The van der Waals surface area contributed by atoms with Crippen LogP contribution in [0.15, 0.2) is 42.5 Å². The van der Waals surface area contributed by atoms with Crippen molar-refractivity contribution < 1.29 is 0 Å². The largest absolute Gasteiger partial charge is 0.117 e. The Morgan fingerprint density at radius 3 is 2.47 bits per heavy atom. The third kappa shape index (κ3) is 3.39. The lowest BCUT2D eigenvalue weighted by molar-refractivity contribution is 0.887. The first-order valence-corrected chi connectivity index (χ1v) is 7.33. The maximum atomic E-state index is 6.65. The van der Waals surface area contributed by atoms with Crippen molar-refractivity contribution in [1.82, 2.24) is 0 Å². The highest BCUT2D eigenvalue weighted by atomic mass is 35.5. The van der Waals surface area contributed by atoms with E-state index in [9.17, 15) is 0 Å². The molecule has 1 heteroatoms. The normalized spacial score (nSPS) is 12.4. The van der Waals surface area contributed by atoms with Gasteiger partial charge in [-0.3, -0.25) is 0 Å². The van der Waals surface area contributed by atoms with E-state index in [-0.39, 0.29) is 5.38 Å². The first-order valence-electron chi connectivity index (χ1n) is 6.89. The van der Waals surface area contributed by atoms with E-state index in [1.165, 1.54) is 27.8 Å². The summed E-state index contributed by atoms with van der Waals surface area (Å²) >= 11 is 6.65. The van der Waals surface area contributed by atoms with Gasteiger partial charge in [-0.15, -0.1) is 11.6 Å². The van der Waals surface area contributed by atoms with Gasteiger partial charge >= 0.3 is 0 Å². The highest BCUT2D eigenvalue weighted by molar-refractivity contribution is 6.21. The number of rotatable bonds is 4. The fraction of sp³-hybridized carbons (Fsp3) is 0.333. The van der Waals surface area contributed by atoms with E-state index in [2.05, 4.69) is 63.2 Å².